The van der Waals surface area contributed by atoms with Crippen molar-refractivity contribution in [3.8, 4) is 11.5 Å². The predicted molar refractivity (Wildman–Crippen MR) is 136 cm³/mol. The van der Waals surface area contributed by atoms with Crippen molar-refractivity contribution in [2.24, 2.45) is 5.10 Å². The SMILES string of the molecule is CCCCCCCCCC(=O)NCC(=O)N/N=C\c1cccc(OC(=O)c2ccc(OC)cc2)c1. The number of carbonyl (C=O) groups is 3. The molecule has 0 saturated carbocycles. The molecule has 0 aliphatic carbocycles. The summed E-state index contributed by atoms with van der Waals surface area (Å²) in [7, 11) is 1.55. The number of hydrazone groups is 1. The van der Waals surface area contributed by atoms with Crippen LogP contribution in [0.3, 0.4) is 0 Å². The van der Waals surface area contributed by atoms with E-state index in [4.69, 9.17) is 9.47 Å². The van der Waals surface area contributed by atoms with Crippen LogP contribution in [0.4, 0.5) is 0 Å². The third kappa shape index (κ3) is 11.3. The maximum absolute atomic E-state index is 12.3. The largest absolute Gasteiger partial charge is 0.497 e. The number of rotatable bonds is 15. The Bertz CT molecular complexity index is 973. The molecule has 0 aromatic heterocycles. The van der Waals surface area contributed by atoms with Gasteiger partial charge >= 0.3 is 5.97 Å². The molecule has 0 atom stereocenters. The molecule has 0 radical (unpaired) electrons. The number of hydrogen-bond donors (Lipinski definition) is 2. The zero-order chi connectivity index (χ0) is 25.3. The van der Waals surface area contributed by atoms with E-state index in [9.17, 15) is 14.4 Å². The Kier molecular flexibility index (Phi) is 12.6. The van der Waals surface area contributed by atoms with E-state index in [1.165, 1.54) is 31.9 Å². The van der Waals surface area contributed by atoms with Gasteiger partial charge < -0.3 is 14.8 Å². The van der Waals surface area contributed by atoms with Gasteiger partial charge in [0.15, 0.2) is 0 Å². The highest BCUT2D eigenvalue weighted by Gasteiger charge is 2.09. The Labute approximate surface area is 207 Å². The zero-order valence-corrected chi connectivity index (χ0v) is 20.5. The van der Waals surface area contributed by atoms with E-state index in [1.807, 2.05) is 0 Å². The maximum atomic E-state index is 12.3. The van der Waals surface area contributed by atoms with Crippen LogP contribution < -0.4 is 20.2 Å². The summed E-state index contributed by atoms with van der Waals surface area (Å²) in [5.74, 6) is -0.0594. The molecule has 0 unspecified atom stereocenters. The van der Waals surface area contributed by atoms with Crippen LogP contribution in [0.5, 0.6) is 11.5 Å². The fourth-order valence-electron chi connectivity index (χ4n) is 3.28. The first-order valence-electron chi connectivity index (χ1n) is 12.1. The summed E-state index contributed by atoms with van der Waals surface area (Å²) in [6.07, 6.45) is 9.81. The van der Waals surface area contributed by atoms with Gasteiger partial charge in [-0.1, -0.05) is 57.6 Å². The Morgan fingerprint density at radius 1 is 0.886 bits per heavy atom. The van der Waals surface area contributed by atoms with E-state index < -0.39 is 11.9 Å². The summed E-state index contributed by atoms with van der Waals surface area (Å²) in [6, 6.07) is 13.3. The summed E-state index contributed by atoms with van der Waals surface area (Å²) in [5, 5.41) is 6.50. The monoisotopic (exact) mass is 481 g/mol. The van der Waals surface area contributed by atoms with Gasteiger partial charge in [-0.25, -0.2) is 10.2 Å². The van der Waals surface area contributed by atoms with Crippen molar-refractivity contribution in [3.63, 3.8) is 0 Å². The Balaban J connectivity index is 1.69. The van der Waals surface area contributed by atoms with E-state index in [1.54, 1.807) is 55.6 Å². The number of carbonyl (C=O) groups excluding carboxylic acids is 3. The smallest absolute Gasteiger partial charge is 0.343 e. The van der Waals surface area contributed by atoms with Crippen LogP contribution >= 0.6 is 0 Å². The molecule has 2 aromatic rings. The van der Waals surface area contributed by atoms with Crippen molar-refractivity contribution >= 4 is 24.0 Å². The van der Waals surface area contributed by atoms with Gasteiger partial charge in [-0.15, -0.1) is 0 Å². The molecule has 188 valence electrons. The standard InChI is InChI=1S/C27H35N3O5/c1-3-4-5-6-7-8-9-13-25(31)28-20-26(32)30-29-19-21-11-10-12-24(18-21)35-27(33)22-14-16-23(34-2)17-15-22/h10-12,14-19H,3-9,13,20H2,1-2H3,(H,28,31)(H,30,32)/b29-19-. The summed E-state index contributed by atoms with van der Waals surface area (Å²) in [5.41, 5.74) is 3.40. The first-order valence-corrected chi connectivity index (χ1v) is 12.1. The van der Waals surface area contributed by atoms with Crippen molar-refractivity contribution < 1.29 is 23.9 Å². The Morgan fingerprint density at radius 3 is 2.31 bits per heavy atom. The molecule has 0 saturated heterocycles. The third-order valence-corrected chi connectivity index (χ3v) is 5.25. The normalized spacial score (nSPS) is 10.7. The van der Waals surface area contributed by atoms with E-state index in [-0.39, 0.29) is 12.5 Å². The van der Waals surface area contributed by atoms with Crippen molar-refractivity contribution in [1.82, 2.24) is 10.7 Å². The first kappa shape index (κ1) is 27.6. The molecule has 2 N–H and O–H groups in total. The first-order chi connectivity index (χ1) is 17.0. The Hall–Kier alpha value is -3.68. The molecular weight excluding hydrogens is 446 g/mol. The molecule has 0 bridgehead atoms. The maximum Gasteiger partial charge on any atom is 0.343 e. The number of methoxy groups -OCH3 is 1. The molecule has 8 nitrogen and oxygen atoms in total. The van der Waals surface area contributed by atoms with Crippen LogP contribution in [-0.2, 0) is 9.59 Å². The van der Waals surface area contributed by atoms with E-state index in [0.717, 1.165) is 19.3 Å². The second-order valence-corrected chi connectivity index (χ2v) is 8.13. The number of nitrogens with one attached hydrogen (secondary N) is 2. The lowest BCUT2D eigenvalue weighted by Crippen LogP contribution is -2.34. The minimum Gasteiger partial charge on any atom is -0.497 e. The molecule has 35 heavy (non-hydrogen) atoms. The Morgan fingerprint density at radius 2 is 1.60 bits per heavy atom. The average Bonchev–Trinajstić information content (AvgIpc) is 2.87. The van der Waals surface area contributed by atoms with Gasteiger partial charge in [0.25, 0.3) is 5.91 Å². The van der Waals surface area contributed by atoms with Crippen LogP contribution in [0.15, 0.2) is 53.6 Å². The molecule has 0 fully saturated rings. The van der Waals surface area contributed by atoms with Crippen molar-refractivity contribution in [2.45, 2.75) is 58.3 Å². The lowest BCUT2D eigenvalue weighted by Gasteiger charge is -2.06. The van der Waals surface area contributed by atoms with Crippen LogP contribution in [0.25, 0.3) is 0 Å². The van der Waals surface area contributed by atoms with Gasteiger partial charge in [0.2, 0.25) is 5.91 Å². The highest BCUT2D eigenvalue weighted by atomic mass is 16.5. The average molecular weight is 482 g/mol. The molecule has 2 aromatic carbocycles. The number of ether oxygens (including phenoxy) is 2. The van der Waals surface area contributed by atoms with E-state index in [0.29, 0.717) is 29.0 Å². The topological polar surface area (TPSA) is 106 Å². The number of unbranched alkanes of at least 4 members (excludes halogenated alkanes) is 6. The van der Waals surface area contributed by atoms with Gasteiger partial charge in [0.05, 0.1) is 25.4 Å². The molecule has 0 heterocycles. The van der Waals surface area contributed by atoms with E-state index >= 15 is 0 Å². The van der Waals surface area contributed by atoms with Gasteiger partial charge in [0, 0.05) is 6.42 Å². The van der Waals surface area contributed by atoms with Gasteiger partial charge in [0.1, 0.15) is 11.5 Å². The summed E-state index contributed by atoms with van der Waals surface area (Å²) < 4.78 is 10.5. The van der Waals surface area contributed by atoms with Crippen LogP contribution in [0, 0.1) is 0 Å². The van der Waals surface area contributed by atoms with Crippen molar-refractivity contribution in [2.75, 3.05) is 13.7 Å². The van der Waals surface area contributed by atoms with Crippen molar-refractivity contribution in [1.29, 1.82) is 0 Å². The fourth-order valence-corrected chi connectivity index (χ4v) is 3.28. The van der Waals surface area contributed by atoms with Gasteiger partial charge in [-0.3, -0.25) is 9.59 Å². The highest BCUT2D eigenvalue weighted by Crippen LogP contribution is 2.16. The minimum atomic E-state index is -0.498. The summed E-state index contributed by atoms with van der Waals surface area (Å²) in [4.78, 5) is 36.1. The molecular formula is C27H35N3O5. The molecule has 0 spiro atoms. The number of hydrogen-bond acceptors (Lipinski definition) is 6. The van der Waals surface area contributed by atoms with Crippen LogP contribution in [-0.4, -0.2) is 37.7 Å². The second kappa shape index (κ2) is 16.0. The molecule has 8 heteroatoms. The number of nitrogens with zero attached hydrogens (tertiary/aromatic N) is 1. The lowest BCUT2D eigenvalue weighted by molar-refractivity contribution is -0.126. The molecule has 0 aliphatic heterocycles. The van der Waals surface area contributed by atoms with Crippen LogP contribution in [0.2, 0.25) is 0 Å². The fraction of sp³-hybridized carbons (Fsp3) is 0.407. The number of esters is 1. The van der Waals surface area contributed by atoms with Crippen LogP contribution in [0.1, 0.15) is 74.2 Å². The molecule has 0 aliphatic rings. The number of benzene rings is 2. The predicted octanol–water partition coefficient (Wildman–Crippen LogP) is 4.62. The third-order valence-electron chi connectivity index (χ3n) is 5.25. The molecule has 2 amide bonds. The zero-order valence-electron chi connectivity index (χ0n) is 20.5. The molecule has 2 rings (SSSR count). The number of amides is 2. The van der Waals surface area contributed by atoms with Crippen molar-refractivity contribution in [3.05, 3.63) is 59.7 Å². The highest BCUT2D eigenvalue weighted by molar-refractivity contribution is 5.91. The van der Waals surface area contributed by atoms with Gasteiger partial charge in [-0.2, -0.15) is 5.10 Å². The summed E-state index contributed by atoms with van der Waals surface area (Å²) >= 11 is 0. The lowest BCUT2D eigenvalue weighted by atomic mass is 10.1. The summed E-state index contributed by atoms with van der Waals surface area (Å²) in [6.45, 7) is 2.06. The van der Waals surface area contributed by atoms with E-state index in [2.05, 4.69) is 22.8 Å². The second-order valence-electron chi connectivity index (χ2n) is 8.13. The quantitative estimate of drug-likeness (QED) is 0.127. The van der Waals surface area contributed by atoms with Gasteiger partial charge in [-0.05, 0) is 48.4 Å². The minimum absolute atomic E-state index is 0.133.